The first kappa shape index (κ1) is 41.9. The quantitative estimate of drug-likeness (QED) is 0.108. The van der Waals surface area contributed by atoms with Crippen LogP contribution in [0.5, 0.6) is 0 Å². The third kappa shape index (κ3) is 9.14. The summed E-state index contributed by atoms with van der Waals surface area (Å²) in [6.45, 7) is 6.50. The highest BCUT2D eigenvalue weighted by Crippen LogP contribution is 2.41. The van der Waals surface area contributed by atoms with E-state index in [4.69, 9.17) is 16.3 Å². The van der Waals surface area contributed by atoms with Crippen LogP contribution in [-0.2, 0) is 33.7 Å². The first-order valence-corrected chi connectivity index (χ1v) is 20.2. The Morgan fingerprint density at radius 1 is 0.983 bits per heavy atom. The minimum atomic E-state index is -1.19. The highest BCUT2D eigenvalue weighted by molar-refractivity contribution is 6.36. The molecule has 60 heavy (non-hydrogen) atoms. The Bertz CT molecular complexity index is 2570. The maximum Gasteiger partial charge on any atom is 0.408 e. The largest absolute Gasteiger partial charge is 0.465 e. The summed E-state index contributed by atoms with van der Waals surface area (Å²) in [6, 6.07) is 20.0. The van der Waals surface area contributed by atoms with Crippen LogP contribution in [0.25, 0.3) is 39.0 Å². The number of ether oxygens (including phenoxy) is 1. The number of hydrogen-bond acceptors (Lipinski definition) is 8. The molecule has 2 aromatic heterocycles. The van der Waals surface area contributed by atoms with Crippen LogP contribution in [0.3, 0.4) is 0 Å². The number of nitrogens with one attached hydrogen (secondary N) is 3. The maximum absolute atomic E-state index is 13.5. The first-order chi connectivity index (χ1) is 28.6. The lowest BCUT2D eigenvalue weighted by molar-refractivity contribution is -0.124. The molecule has 4 amide bonds. The van der Waals surface area contributed by atoms with Gasteiger partial charge in [0.05, 0.1) is 23.7 Å². The summed E-state index contributed by atoms with van der Waals surface area (Å²) in [5, 5.41) is 28.4. The number of fused-ring (bicyclic) bond motifs is 2. The van der Waals surface area contributed by atoms with Crippen molar-refractivity contribution < 1.29 is 34.1 Å². The van der Waals surface area contributed by atoms with Gasteiger partial charge in [-0.25, -0.2) is 14.6 Å². The van der Waals surface area contributed by atoms with Gasteiger partial charge >= 0.3 is 12.2 Å². The van der Waals surface area contributed by atoms with E-state index in [-0.39, 0.29) is 42.2 Å². The number of benzene rings is 3. The highest BCUT2D eigenvalue weighted by Gasteiger charge is 2.30. The molecule has 0 bridgehead atoms. The van der Waals surface area contributed by atoms with E-state index in [9.17, 15) is 34.2 Å². The number of pyridine rings is 1. The van der Waals surface area contributed by atoms with Crippen molar-refractivity contribution in [3.8, 4) is 33.4 Å². The number of carbonyl (C=O) groups excluding carboxylic acids is 3. The average molecular weight is 835 g/mol. The molecule has 5 N–H and O–H groups in total. The van der Waals surface area contributed by atoms with Crippen molar-refractivity contribution in [1.29, 1.82) is 0 Å². The molecule has 15 heteroatoms. The number of carbonyl (C=O) groups is 4. The number of amides is 4. The zero-order chi connectivity index (χ0) is 42.9. The zero-order valence-corrected chi connectivity index (χ0v) is 34.5. The Hall–Kier alpha value is -6.25. The van der Waals surface area contributed by atoms with Gasteiger partial charge in [0.25, 0.3) is 5.56 Å². The number of aliphatic hydroxyl groups is 1. The van der Waals surface area contributed by atoms with Crippen LogP contribution < -0.4 is 21.5 Å². The van der Waals surface area contributed by atoms with Gasteiger partial charge in [-0.3, -0.25) is 18.8 Å². The van der Waals surface area contributed by atoms with E-state index in [1.54, 1.807) is 27.0 Å². The number of aromatic nitrogens is 2. The fourth-order valence-electron chi connectivity index (χ4n) is 7.92. The van der Waals surface area contributed by atoms with Gasteiger partial charge in [-0.2, -0.15) is 0 Å². The van der Waals surface area contributed by atoms with E-state index < -0.39 is 36.3 Å². The van der Waals surface area contributed by atoms with Crippen LogP contribution in [0.15, 0.2) is 83.9 Å². The number of alkyl carbamates (subject to hydrolysis) is 1. The fourth-order valence-corrected chi connectivity index (χ4v) is 8.26. The molecule has 7 rings (SSSR count). The Balaban J connectivity index is 1.08. The minimum Gasteiger partial charge on any atom is -0.465 e. The Labute approximate surface area is 351 Å². The lowest BCUT2D eigenvalue weighted by Crippen LogP contribution is -2.52. The van der Waals surface area contributed by atoms with Crippen molar-refractivity contribution in [3.05, 3.63) is 117 Å². The molecule has 1 aliphatic heterocycles. The normalized spacial score (nSPS) is 16.5. The number of rotatable bonds is 11. The molecule has 0 spiro atoms. The second-order valence-electron chi connectivity index (χ2n) is 16.3. The van der Waals surface area contributed by atoms with Crippen LogP contribution >= 0.6 is 11.6 Å². The Morgan fingerprint density at radius 3 is 2.38 bits per heavy atom. The molecular weight excluding hydrogens is 788 g/mol. The molecule has 3 heterocycles. The van der Waals surface area contributed by atoms with Gasteiger partial charge in [-0.05, 0) is 98.0 Å². The van der Waals surface area contributed by atoms with Crippen molar-refractivity contribution in [2.75, 3.05) is 13.2 Å². The maximum atomic E-state index is 13.5. The van der Waals surface area contributed by atoms with Gasteiger partial charge in [0.2, 0.25) is 11.8 Å². The predicted molar refractivity (Wildman–Crippen MR) is 227 cm³/mol. The van der Waals surface area contributed by atoms with Crippen LogP contribution in [0.4, 0.5) is 9.59 Å². The average Bonchev–Trinajstić information content (AvgIpc) is 3.81. The molecule has 1 fully saturated rings. The molecule has 1 aliphatic carbocycles. The lowest BCUT2D eigenvalue weighted by atomic mass is 9.91. The van der Waals surface area contributed by atoms with E-state index in [1.807, 2.05) is 67.6 Å². The molecule has 1 saturated heterocycles. The molecule has 2 unspecified atom stereocenters. The zero-order valence-electron chi connectivity index (χ0n) is 33.8. The summed E-state index contributed by atoms with van der Waals surface area (Å²) < 4.78 is 6.64. The summed E-state index contributed by atoms with van der Waals surface area (Å²) in [5.74, 6) is -0.610. The second kappa shape index (κ2) is 17.2. The van der Waals surface area contributed by atoms with E-state index in [2.05, 4.69) is 27.0 Å². The molecule has 312 valence electrons. The van der Waals surface area contributed by atoms with Gasteiger partial charge in [0.1, 0.15) is 17.3 Å². The van der Waals surface area contributed by atoms with Gasteiger partial charge in [-0.1, -0.05) is 66.2 Å². The fraction of sp³-hybridized carbons (Fsp3) is 0.333. The van der Waals surface area contributed by atoms with Crippen LogP contribution in [0, 0.1) is 6.92 Å². The molecule has 5 aromatic rings. The first-order valence-electron chi connectivity index (χ1n) is 19.8. The van der Waals surface area contributed by atoms with Crippen molar-refractivity contribution >= 4 is 41.2 Å². The molecule has 14 nitrogen and oxygen atoms in total. The van der Waals surface area contributed by atoms with Crippen molar-refractivity contribution in [3.63, 3.8) is 0 Å². The van der Waals surface area contributed by atoms with E-state index in [1.165, 1.54) is 10.6 Å². The molecule has 2 aliphatic rings. The third-order valence-corrected chi connectivity index (χ3v) is 11.3. The SMILES string of the molecule is Cc1c(-c2ccn3c(=O)c(CN(C[C@@H]4CCC(=O)N4)C(=O)O)cnc3c2)cccc1-c1cccc(-c2ccc3c(c2)CC(NC(=O)C(CO)NC(=O)OC(C)(C)C)C3)c1Cl. The number of hydrogen-bond donors (Lipinski definition) is 5. The van der Waals surface area contributed by atoms with E-state index in [0.29, 0.717) is 36.4 Å². The number of nitrogens with zero attached hydrogens (tertiary/aromatic N) is 3. The summed E-state index contributed by atoms with van der Waals surface area (Å²) in [4.78, 5) is 68.1. The van der Waals surface area contributed by atoms with Gasteiger partial charge in [0, 0.05) is 48.6 Å². The van der Waals surface area contributed by atoms with Gasteiger partial charge in [-0.15, -0.1) is 0 Å². The highest BCUT2D eigenvalue weighted by atomic mass is 35.5. The molecule has 3 aromatic carbocycles. The van der Waals surface area contributed by atoms with Crippen LogP contribution in [0.1, 0.15) is 55.9 Å². The predicted octanol–water partition coefficient (Wildman–Crippen LogP) is 5.88. The lowest BCUT2D eigenvalue weighted by Gasteiger charge is -2.23. The standard InChI is InChI=1S/C45H47ClN6O8/c1-25-33(28-15-16-52-38(20-28)47-21-30(42(52)56)22-51(44(58)59)23-31-13-14-39(54)48-31)7-5-8-34(25)36-10-6-9-35(40(36)46)27-12-11-26-18-32(19-29(26)17-27)49-41(55)37(24-53)50-43(57)60-45(2,3)4/h5-12,15-17,20-21,31-32,37,53H,13-14,18-19,22-24H2,1-4H3,(H,48,54)(H,49,55)(H,50,57)(H,58,59)/t31-,32?,37?/m0/s1. The topological polar surface area (TPSA) is 192 Å². The smallest absolute Gasteiger partial charge is 0.408 e. The Morgan fingerprint density at radius 2 is 1.68 bits per heavy atom. The third-order valence-electron chi connectivity index (χ3n) is 10.9. The number of carboxylic acid groups (broad SMARTS) is 1. The van der Waals surface area contributed by atoms with Crippen molar-refractivity contribution in [1.82, 2.24) is 30.2 Å². The number of halogens is 1. The molecule has 0 saturated carbocycles. The molecule has 0 radical (unpaired) electrons. The van der Waals surface area contributed by atoms with Crippen LogP contribution in [0.2, 0.25) is 5.02 Å². The van der Waals surface area contributed by atoms with Crippen LogP contribution in [-0.4, -0.2) is 85.4 Å². The van der Waals surface area contributed by atoms with Gasteiger partial charge < -0.3 is 35.8 Å². The van der Waals surface area contributed by atoms with E-state index >= 15 is 0 Å². The number of aliphatic hydroxyl groups excluding tert-OH is 1. The summed E-state index contributed by atoms with van der Waals surface area (Å²) in [5.41, 5.74) is 7.88. The van der Waals surface area contributed by atoms with Crippen molar-refractivity contribution in [2.45, 2.75) is 83.6 Å². The summed E-state index contributed by atoms with van der Waals surface area (Å²) in [7, 11) is 0. The molecular formula is C45H47ClN6O8. The monoisotopic (exact) mass is 834 g/mol. The van der Waals surface area contributed by atoms with Crippen molar-refractivity contribution in [2.24, 2.45) is 0 Å². The Kier molecular flexibility index (Phi) is 12.0. The summed E-state index contributed by atoms with van der Waals surface area (Å²) in [6.07, 6.45) is 3.12. The minimum absolute atomic E-state index is 0.0750. The van der Waals surface area contributed by atoms with Gasteiger partial charge in [0.15, 0.2) is 0 Å². The second-order valence-corrected chi connectivity index (χ2v) is 16.7. The van der Waals surface area contributed by atoms with E-state index in [0.717, 1.165) is 55.0 Å². The summed E-state index contributed by atoms with van der Waals surface area (Å²) >= 11 is 7.22. The molecule has 3 atom stereocenters.